The van der Waals surface area contributed by atoms with Crippen LogP contribution in [0.1, 0.15) is 25.3 Å². The lowest BCUT2D eigenvalue weighted by Crippen LogP contribution is -2.40. The van der Waals surface area contributed by atoms with E-state index in [9.17, 15) is 4.79 Å². The molecule has 1 aliphatic heterocycles. The highest BCUT2D eigenvalue weighted by Gasteiger charge is 2.20. The number of hydrogen-bond acceptors (Lipinski definition) is 3. The second kappa shape index (κ2) is 7.24. The number of rotatable bonds is 4. The highest BCUT2D eigenvalue weighted by Crippen LogP contribution is 2.30. The van der Waals surface area contributed by atoms with Crippen molar-refractivity contribution in [1.82, 2.24) is 5.32 Å². The van der Waals surface area contributed by atoms with Gasteiger partial charge in [-0.15, -0.1) is 12.4 Å². The zero-order valence-electron chi connectivity index (χ0n) is 11.3. The molecule has 0 fully saturated rings. The Kier molecular flexibility index (Phi) is 5.96. The predicted molar refractivity (Wildman–Crippen MR) is 81.9 cm³/mol. The van der Waals surface area contributed by atoms with Gasteiger partial charge in [0.15, 0.2) is 0 Å². The number of nitrogens with two attached hydrogens (primary N) is 1. The second-order valence-corrected chi connectivity index (χ2v) is 4.72. The van der Waals surface area contributed by atoms with Crippen LogP contribution in [0.3, 0.4) is 0 Å². The van der Waals surface area contributed by atoms with Crippen molar-refractivity contribution in [3.05, 3.63) is 23.8 Å². The van der Waals surface area contributed by atoms with Gasteiger partial charge in [0.25, 0.3) is 0 Å². The summed E-state index contributed by atoms with van der Waals surface area (Å²) in [5.41, 5.74) is 9.13. The Balaban J connectivity index is 0.00000180. The van der Waals surface area contributed by atoms with Gasteiger partial charge in [-0.25, -0.2) is 0 Å². The van der Waals surface area contributed by atoms with Crippen LogP contribution >= 0.6 is 12.4 Å². The third kappa shape index (κ3) is 3.77. The molecular weight excluding hydrogens is 262 g/mol. The van der Waals surface area contributed by atoms with Crippen molar-refractivity contribution in [2.45, 2.75) is 26.2 Å². The number of hydrogen-bond donors (Lipinski definition) is 2. The molecule has 1 aliphatic rings. The van der Waals surface area contributed by atoms with Crippen LogP contribution in [0.15, 0.2) is 18.2 Å². The standard InChI is InChI=1S/C14H21N3O.ClH/c1-2-8-16-14(18)10-17-9-4-5-11-12(15)6-3-7-13(11)17;/h3,6-7H,2,4-5,8-10,15H2,1H3,(H,16,18);1H. The van der Waals surface area contributed by atoms with Crippen LogP contribution in [0.4, 0.5) is 11.4 Å². The van der Waals surface area contributed by atoms with Crippen LogP contribution in [-0.4, -0.2) is 25.5 Å². The van der Waals surface area contributed by atoms with E-state index in [4.69, 9.17) is 5.73 Å². The minimum Gasteiger partial charge on any atom is -0.398 e. The Morgan fingerprint density at radius 1 is 1.47 bits per heavy atom. The minimum absolute atomic E-state index is 0. The van der Waals surface area contributed by atoms with Crippen LogP contribution in [0.5, 0.6) is 0 Å². The van der Waals surface area contributed by atoms with Gasteiger partial charge in [0.05, 0.1) is 6.54 Å². The lowest BCUT2D eigenvalue weighted by Gasteiger charge is -2.31. The van der Waals surface area contributed by atoms with Crippen LogP contribution in [0.25, 0.3) is 0 Å². The van der Waals surface area contributed by atoms with E-state index in [0.717, 1.165) is 43.7 Å². The maximum Gasteiger partial charge on any atom is 0.239 e. The zero-order valence-corrected chi connectivity index (χ0v) is 12.1. The van der Waals surface area contributed by atoms with Crippen molar-refractivity contribution in [3.8, 4) is 0 Å². The van der Waals surface area contributed by atoms with Gasteiger partial charge in [-0.05, 0) is 37.0 Å². The molecule has 1 heterocycles. The molecule has 0 atom stereocenters. The fraction of sp³-hybridized carbons (Fsp3) is 0.500. The Morgan fingerprint density at radius 3 is 3.00 bits per heavy atom. The predicted octanol–water partition coefficient (Wildman–Crippen LogP) is 1.97. The Labute approximate surface area is 120 Å². The summed E-state index contributed by atoms with van der Waals surface area (Å²) in [7, 11) is 0. The molecule has 106 valence electrons. The average molecular weight is 284 g/mol. The molecule has 1 aromatic carbocycles. The number of nitrogens with one attached hydrogen (secondary N) is 1. The average Bonchev–Trinajstić information content (AvgIpc) is 2.38. The maximum absolute atomic E-state index is 11.8. The van der Waals surface area contributed by atoms with E-state index in [1.54, 1.807) is 0 Å². The van der Waals surface area contributed by atoms with Gasteiger partial charge in [-0.1, -0.05) is 13.0 Å². The fourth-order valence-electron chi connectivity index (χ4n) is 2.39. The molecule has 0 aromatic heterocycles. The normalized spacial score (nSPS) is 13.4. The SMILES string of the molecule is CCCNC(=O)CN1CCCc2c(N)cccc21.Cl. The summed E-state index contributed by atoms with van der Waals surface area (Å²) in [5.74, 6) is 0.0899. The molecule has 1 amide bonds. The molecule has 0 bridgehead atoms. The first-order valence-corrected chi connectivity index (χ1v) is 6.61. The van der Waals surface area contributed by atoms with Gasteiger partial charge in [0.2, 0.25) is 5.91 Å². The molecule has 2 rings (SSSR count). The van der Waals surface area contributed by atoms with Crippen molar-refractivity contribution < 1.29 is 4.79 Å². The van der Waals surface area contributed by atoms with Crippen molar-refractivity contribution in [2.24, 2.45) is 0 Å². The summed E-state index contributed by atoms with van der Waals surface area (Å²) in [4.78, 5) is 13.9. The van der Waals surface area contributed by atoms with E-state index in [-0.39, 0.29) is 18.3 Å². The summed E-state index contributed by atoms with van der Waals surface area (Å²) < 4.78 is 0. The molecule has 0 radical (unpaired) electrons. The van der Waals surface area contributed by atoms with Gasteiger partial charge >= 0.3 is 0 Å². The van der Waals surface area contributed by atoms with E-state index in [1.807, 2.05) is 12.1 Å². The number of anilines is 2. The Morgan fingerprint density at radius 2 is 2.26 bits per heavy atom. The number of carbonyl (C=O) groups is 1. The number of fused-ring (bicyclic) bond motifs is 1. The molecule has 4 nitrogen and oxygen atoms in total. The molecule has 0 unspecified atom stereocenters. The van der Waals surface area contributed by atoms with Crippen LogP contribution < -0.4 is 16.0 Å². The molecule has 19 heavy (non-hydrogen) atoms. The summed E-state index contributed by atoms with van der Waals surface area (Å²) in [6, 6.07) is 5.94. The van der Waals surface area contributed by atoms with Gasteiger partial charge in [0.1, 0.15) is 0 Å². The molecule has 0 aliphatic carbocycles. The topological polar surface area (TPSA) is 58.4 Å². The van der Waals surface area contributed by atoms with E-state index in [1.165, 1.54) is 5.56 Å². The highest BCUT2D eigenvalue weighted by atomic mass is 35.5. The van der Waals surface area contributed by atoms with E-state index < -0.39 is 0 Å². The summed E-state index contributed by atoms with van der Waals surface area (Å²) in [6.07, 6.45) is 3.03. The third-order valence-corrected chi connectivity index (χ3v) is 3.29. The summed E-state index contributed by atoms with van der Waals surface area (Å²) in [6.45, 7) is 4.15. The van der Waals surface area contributed by atoms with Crippen LogP contribution in [-0.2, 0) is 11.2 Å². The summed E-state index contributed by atoms with van der Waals surface area (Å²) in [5, 5.41) is 2.91. The lowest BCUT2D eigenvalue weighted by molar-refractivity contribution is -0.119. The molecule has 0 spiro atoms. The van der Waals surface area contributed by atoms with E-state index >= 15 is 0 Å². The number of nitrogens with zero attached hydrogens (tertiary/aromatic N) is 1. The largest absolute Gasteiger partial charge is 0.398 e. The maximum atomic E-state index is 11.8. The quantitative estimate of drug-likeness (QED) is 0.831. The number of carbonyl (C=O) groups excluding carboxylic acids is 1. The Hall–Kier alpha value is -1.42. The number of benzene rings is 1. The van der Waals surface area contributed by atoms with Crippen molar-refractivity contribution in [1.29, 1.82) is 0 Å². The Bertz CT molecular complexity index is 437. The monoisotopic (exact) mass is 283 g/mol. The molecular formula is C14H22ClN3O. The van der Waals surface area contributed by atoms with Gasteiger partial charge in [-0.3, -0.25) is 4.79 Å². The molecule has 3 N–H and O–H groups in total. The van der Waals surface area contributed by atoms with E-state index in [0.29, 0.717) is 6.54 Å². The van der Waals surface area contributed by atoms with Gasteiger partial charge in [-0.2, -0.15) is 0 Å². The minimum atomic E-state index is 0. The number of nitrogen functional groups attached to an aromatic ring is 1. The lowest BCUT2D eigenvalue weighted by atomic mass is 10.00. The number of amides is 1. The first kappa shape index (κ1) is 15.6. The molecule has 1 aromatic rings. The highest BCUT2D eigenvalue weighted by molar-refractivity contribution is 5.85. The first-order chi connectivity index (χ1) is 8.72. The second-order valence-electron chi connectivity index (χ2n) is 4.72. The smallest absolute Gasteiger partial charge is 0.239 e. The van der Waals surface area contributed by atoms with Crippen molar-refractivity contribution in [2.75, 3.05) is 30.3 Å². The summed E-state index contributed by atoms with van der Waals surface area (Å²) >= 11 is 0. The van der Waals surface area contributed by atoms with Crippen LogP contribution in [0, 0.1) is 0 Å². The van der Waals surface area contributed by atoms with Crippen molar-refractivity contribution in [3.63, 3.8) is 0 Å². The molecule has 5 heteroatoms. The van der Waals surface area contributed by atoms with Gasteiger partial charge < -0.3 is 16.0 Å². The molecule has 0 saturated heterocycles. The zero-order chi connectivity index (χ0) is 13.0. The molecule has 0 saturated carbocycles. The van der Waals surface area contributed by atoms with Crippen LogP contribution in [0.2, 0.25) is 0 Å². The van der Waals surface area contributed by atoms with Gasteiger partial charge in [0, 0.05) is 24.5 Å². The van der Waals surface area contributed by atoms with E-state index in [2.05, 4.69) is 23.2 Å². The number of halogens is 1. The van der Waals surface area contributed by atoms with Crippen molar-refractivity contribution >= 4 is 29.7 Å². The fourth-order valence-corrected chi connectivity index (χ4v) is 2.39. The third-order valence-electron chi connectivity index (χ3n) is 3.29. The first-order valence-electron chi connectivity index (χ1n) is 6.61.